The van der Waals surface area contributed by atoms with E-state index in [2.05, 4.69) is 20.5 Å². The lowest BCUT2D eigenvalue weighted by atomic mass is 10.0. The largest absolute Gasteiger partial charge is 0.318 e. The van der Waals surface area contributed by atoms with Crippen molar-refractivity contribution in [2.24, 2.45) is 0 Å². The van der Waals surface area contributed by atoms with Gasteiger partial charge >= 0.3 is 0 Å². The van der Waals surface area contributed by atoms with Crippen molar-refractivity contribution in [3.8, 4) is 0 Å². The Kier molecular flexibility index (Phi) is 4.26. The first-order chi connectivity index (χ1) is 10.3. The molecule has 2 heterocycles. The van der Waals surface area contributed by atoms with Crippen LogP contribution in [0.5, 0.6) is 0 Å². The molecule has 1 unspecified atom stereocenters. The van der Waals surface area contributed by atoms with Crippen molar-refractivity contribution in [3.05, 3.63) is 34.6 Å². The van der Waals surface area contributed by atoms with E-state index in [1.165, 1.54) is 17.5 Å². The first-order valence-electron chi connectivity index (χ1n) is 7.51. The summed E-state index contributed by atoms with van der Waals surface area (Å²) < 4.78 is 1.48. The van der Waals surface area contributed by atoms with E-state index in [0.717, 1.165) is 19.5 Å². The van der Waals surface area contributed by atoms with E-state index in [4.69, 9.17) is 0 Å². The minimum Gasteiger partial charge on any atom is -0.318 e. The molecule has 1 N–H and O–H groups in total. The van der Waals surface area contributed by atoms with Crippen LogP contribution in [-0.2, 0) is 6.67 Å². The minimum absolute atomic E-state index is 0.0608. The van der Waals surface area contributed by atoms with Crippen LogP contribution in [0.4, 0.5) is 0 Å². The van der Waals surface area contributed by atoms with Crippen LogP contribution >= 0.6 is 0 Å². The number of piperidine rings is 1. The Morgan fingerprint density at radius 1 is 1.33 bits per heavy atom. The predicted octanol–water partition coefficient (Wildman–Crippen LogP) is 0.823. The molecule has 1 aromatic carbocycles. The summed E-state index contributed by atoms with van der Waals surface area (Å²) in [6.07, 6.45) is 3.59. The number of benzene rings is 1. The van der Waals surface area contributed by atoms with Gasteiger partial charge in [0.05, 0.1) is 12.1 Å². The second kappa shape index (κ2) is 6.32. The molecule has 0 saturated carbocycles. The fourth-order valence-corrected chi connectivity index (χ4v) is 3.00. The van der Waals surface area contributed by atoms with Crippen molar-refractivity contribution in [2.45, 2.75) is 32.0 Å². The van der Waals surface area contributed by atoms with Crippen LogP contribution in [0.3, 0.4) is 0 Å². The molecule has 1 saturated heterocycles. The molecule has 3 rings (SSSR count). The van der Waals surface area contributed by atoms with E-state index in [0.29, 0.717) is 23.6 Å². The Bertz CT molecular complexity index is 666. The van der Waals surface area contributed by atoms with Crippen molar-refractivity contribution in [2.75, 3.05) is 20.1 Å². The Morgan fingerprint density at radius 3 is 3.05 bits per heavy atom. The molecule has 1 aliphatic rings. The van der Waals surface area contributed by atoms with Gasteiger partial charge in [0.25, 0.3) is 5.56 Å². The third-order valence-corrected chi connectivity index (χ3v) is 4.13. The average Bonchev–Trinajstić information content (AvgIpc) is 2.52. The molecule has 1 atom stereocenters. The van der Waals surface area contributed by atoms with Gasteiger partial charge in [-0.05, 0) is 32.0 Å². The van der Waals surface area contributed by atoms with Gasteiger partial charge in [-0.1, -0.05) is 23.8 Å². The number of hydrogen-bond donors (Lipinski definition) is 1. The number of aromatic nitrogens is 3. The second-order valence-corrected chi connectivity index (χ2v) is 5.57. The van der Waals surface area contributed by atoms with Gasteiger partial charge in [-0.3, -0.25) is 9.69 Å². The first-order valence-corrected chi connectivity index (χ1v) is 7.51. The second-order valence-electron chi connectivity index (χ2n) is 5.57. The summed E-state index contributed by atoms with van der Waals surface area (Å²) in [5.41, 5.74) is 0.596. The molecule has 0 radical (unpaired) electrons. The maximum atomic E-state index is 12.5. The Balaban J connectivity index is 1.87. The monoisotopic (exact) mass is 287 g/mol. The SMILES string of the molecule is CNCC1CCCCN1Cn1nnc2ccccc2c1=O. The van der Waals surface area contributed by atoms with E-state index in [9.17, 15) is 4.79 Å². The lowest BCUT2D eigenvalue weighted by Crippen LogP contribution is -2.47. The van der Waals surface area contributed by atoms with Crippen molar-refractivity contribution >= 4 is 10.9 Å². The van der Waals surface area contributed by atoms with Crippen molar-refractivity contribution in [1.29, 1.82) is 0 Å². The molecule has 0 spiro atoms. The van der Waals surface area contributed by atoms with Crippen LogP contribution in [0.2, 0.25) is 0 Å². The maximum Gasteiger partial charge on any atom is 0.278 e. The lowest BCUT2D eigenvalue weighted by molar-refractivity contribution is 0.100. The third kappa shape index (κ3) is 2.96. The molecule has 2 aromatic rings. The lowest BCUT2D eigenvalue weighted by Gasteiger charge is -2.35. The number of fused-ring (bicyclic) bond motifs is 1. The zero-order chi connectivity index (χ0) is 14.7. The number of likely N-dealkylation sites (N-methyl/N-ethyl adjacent to an activating group) is 1. The van der Waals surface area contributed by atoms with Gasteiger partial charge in [-0.25, -0.2) is 0 Å². The van der Waals surface area contributed by atoms with Crippen LogP contribution < -0.4 is 10.9 Å². The molecule has 1 aromatic heterocycles. The van der Waals surface area contributed by atoms with E-state index in [1.54, 1.807) is 0 Å². The molecule has 1 fully saturated rings. The van der Waals surface area contributed by atoms with Gasteiger partial charge in [-0.15, -0.1) is 5.10 Å². The van der Waals surface area contributed by atoms with Crippen LogP contribution in [-0.4, -0.2) is 46.1 Å². The molecule has 0 bridgehead atoms. The highest BCUT2D eigenvalue weighted by atomic mass is 16.1. The Labute approximate surface area is 123 Å². The van der Waals surface area contributed by atoms with Gasteiger partial charge < -0.3 is 5.32 Å². The average molecular weight is 287 g/mol. The number of nitrogens with one attached hydrogen (secondary N) is 1. The van der Waals surface area contributed by atoms with Crippen LogP contribution in [0.25, 0.3) is 10.9 Å². The summed E-state index contributed by atoms with van der Waals surface area (Å²) in [6, 6.07) is 7.82. The normalized spacial score (nSPS) is 20.0. The maximum absolute atomic E-state index is 12.5. The summed E-state index contributed by atoms with van der Waals surface area (Å²) in [5, 5.41) is 12.1. The minimum atomic E-state index is -0.0608. The summed E-state index contributed by atoms with van der Waals surface area (Å²) in [5.74, 6) is 0. The quantitative estimate of drug-likeness (QED) is 0.902. The zero-order valence-corrected chi connectivity index (χ0v) is 12.3. The van der Waals surface area contributed by atoms with Crippen LogP contribution in [0.15, 0.2) is 29.1 Å². The van der Waals surface area contributed by atoms with Gasteiger partial charge in [0.2, 0.25) is 0 Å². The number of likely N-dealkylation sites (tertiary alicyclic amines) is 1. The molecular formula is C15H21N5O. The molecule has 6 heteroatoms. The standard InChI is InChI=1S/C15H21N5O/c1-16-10-12-6-4-5-9-19(12)11-20-15(21)13-7-2-3-8-14(13)17-18-20/h2-3,7-8,12,16H,4-6,9-11H2,1H3. The predicted molar refractivity (Wildman–Crippen MR) is 82.1 cm³/mol. The van der Waals surface area contributed by atoms with Crippen molar-refractivity contribution in [1.82, 2.24) is 25.2 Å². The van der Waals surface area contributed by atoms with Crippen LogP contribution in [0, 0.1) is 0 Å². The van der Waals surface area contributed by atoms with Gasteiger partial charge in [0, 0.05) is 19.1 Å². The summed E-state index contributed by atoms with van der Waals surface area (Å²) in [6.45, 7) is 2.46. The molecule has 1 aliphatic heterocycles. The summed E-state index contributed by atoms with van der Waals surface area (Å²) in [4.78, 5) is 14.8. The highest BCUT2D eigenvalue weighted by molar-refractivity contribution is 5.76. The van der Waals surface area contributed by atoms with E-state index in [1.807, 2.05) is 31.3 Å². The molecule has 0 amide bonds. The van der Waals surface area contributed by atoms with Crippen molar-refractivity contribution in [3.63, 3.8) is 0 Å². The number of rotatable bonds is 4. The first kappa shape index (κ1) is 14.2. The Hall–Kier alpha value is -1.79. The van der Waals surface area contributed by atoms with E-state index >= 15 is 0 Å². The van der Waals surface area contributed by atoms with Crippen LogP contribution in [0.1, 0.15) is 19.3 Å². The van der Waals surface area contributed by atoms with Gasteiger partial charge in [0.1, 0.15) is 5.52 Å². The number of nitrogens with zero attached hydrogens (tertiary/aromatic N) is 4. The van der Waals surface area contributed by atoms with E-state index < -0.39 is 0 Å². The molecule has 112 valence electrons. The topological polar surface area (TPSA) is 63.1 Å². The highest BCUT2D eigenvalue weighted by Crippen LogP contribution is 2.16. The molecular weight excluding hydrogens is 266 g/mol. The van der Waals surface area contributed by atoms with Gasteiger partial charge in [-0.2, -0.15) is 4.68 Å². The summed E-state index contributed by atoms with van der Waals surface area (Å²) in [7, 11) is 1.97. The van der Waals surface area contributed by atoms with E-state index in [-0.39, 0.29) is 5.56 Å². The number of hydrogen-bond acceptors (Lipinski definition) is 5. The molecule has 21 heavy (non-hydrogen) atoms. The highest BCUT2D eigenvalue weighted by Gasteiger charge is 2.22. The Morgan fingerprint density at radius 2 is 2.19 bits per heavy atom. The zero-order valence-electron chi connectivity index (χ0n) is 12.3. The molecule has 0 aliphatic carbocycles. The fourth-order valence-electron chi connectivity index (χ4n) is 3.00. The van der Waals surface area contributed by atoms with Gasteiger partial charge in [0.15, 0.2) is 0 Å². The third-order valence-electron chi connectivity index (χ3n) is 4.13. The summed E-state index contributed by atoms with van der Waals surface area (Å²) >= 11 is 0. The van der Waals surface area contributed by atoms with Crippen molar-refractivity contribution < 1.29 is 0 Å². The smallest absolute Gasteiger partial charge is 0.278 e. The molecule has 6 nitrogen and oxygen atoms in total. The fraction of sp³-hybridized carbons (Fsp3) is 0.533.